The normalized spacial score (nSPS) is 17.3. The number of nitrogens with two attached hydrogens (primary N) is 1. The van der Waals surface area contributed by atoms with Crippen LogP contribution in [0.25, 0.3) is 0 Å². The van der Waals surface area contributed by atoms with E-state index >= 15 is 0 Å². The molecule has 0 fully saturated rings. The Bertz CT molecular complexity index is 434. The highest BCUT2D eigenvalue weighted by molar-refractivity contribution is 7.80. The van der Waals surface area contributed by atoms with Gasteiger partial charge >= 0.3 is 0 Å². The Morgan fingerprint density at radius 2 is 1.70 bits per heavy atom. The molecule has 0 aromatic heterocycles. The van der Waals surface area contributed by atoms with Crippen LogP contribution in [0.1, 0.15) is 0 Å². The van der Waals surface area contributed by atoms with Gasteiger partial charge in [0.05, 0.1) is 12.7 Å². The van der Waals surface area contributed by atoms with E-state index in [1.54, 1.807) is 18.2 Å². The zero-order valence-corrected chi connectivity index (χ0v) is 11.6. The van der Waals surface area contributed by atoms with Crippen LogP contribution in [-0.4, -0.2) is 63.1 Å². The largest absolute Gasteiger partial charge is 0.398 e. The molecule has 0 spiro atoms. The van der Waals surface area contributed by atoms with E-state index in [0.29, 0.717) is 16.3 Å². The molecule has 0 aliphatic rings. The first-order valence-electron chi connectivity index (χ1n) is 6.02. The fourth-order valence-electron chi connectivity index (χ4n) is 1.56. The van der Waals surface area contributed by atoms with E-state index in [4.69, 9.17) is 10.8 Å². The first-order valence-corrected chi connectivity index (χ1v) is 6.47. The molecule has 1 aromatic rings. The predicted molar refractivity (Wildman–Crippen MR) is 77.7 cm³/mol. The molecular formula is C12H20N2O5S. The SMILES string of the molecule is Nc1ccc(NCC(O)C(O)C(O)C(O)CO)cc1S. The second-order valence-corrected chi connectivity index (χ2v) is 4.93. The number of rotatable bonds is 7. The van der Waals surface area contributed by atoms with Gasteiger partial charge in [-0.15, -0.1) is 12.6 Å². The fraction of sp³-hybridized carbons (Fsp3) is 0.500. The Hall–Kier alpha value is -1.03. The van der Waals surface area contributed by atoms with Crippen molar-refractivity contribution in [2.24, 2.45) is 0 Å². The molecule has 0 saturated heterocycles. The number of aliphatic hydroxyl groups excluding tert-OH is 5. The van der Waals surface area contributed by atoms with E-state index in [-0.39, 0.29) is 6.54 Å². The predicted octanol–water partition coefficient (Wildman–Crippen LogP) is -1.59. The van der Waals surface area contributed by atoms with Crippen molar-refractivity contribution in [2.45, 2.75) is 29.3 Å². The lowest BCUT2D eigenvalue weighted by Gasteiger charge is -2.26. The molecule has 0 aliphatic carbocycles. The molecule has 8 N–H and O–H groups in total. The zero-order chi connectivity index (χ0) is 15.3. The minimum Gasteiger partial charge on any atom is -0.398 e. The average Bonchev–Trinajstić information content (AvgIpc) is 2.45. The first-order chi connectivity index (χ1) is 9.36. The first kappa shape index (κ1) is 17.0. The summed E-state index contributed by atoms with van der Waals surface area (Å²) in [5.74, 6) is 0. The van der Waals surface area contributed by atoms with Crippen LogP contribution in [0.15, 0.2) is 23.1 Å². The maximum atomic E-state index is 9.71. The van der Waals surface area contributed by atoms with Crippen molar-refractivity contribution < 1.29 is 25.5 Å². The quantitative estimate of drug-likeness (QED) is 0.224. The van der Waals surface area contributed by atoms with Crippen molar-refractivity contribution in [3.63, 3.8) is 0 Å². The highest BCUT2D eigenvalue weighted by Crippen LogP contribution is 2.21. The summed E-state index contributed by atoms with van der Waals surface area (Å²) in [4.78, 5) is 0.570. The maximum absolute atomic E-state index is 9.71. The molecule has 0 amide bonds. The molecule has 0 bridgehead atoms. The van der Waals surface area contributed by atoms with Crippen molar-refractivity contribution in [2.75, 3.05) is 24.2 Å². The number of benzene rings is 1. The number of hydrogen-bond donors (Lipinski definition) is 8. The maximum Gasteiger partial charge on any atom is 0.111 e. The smallest absolute Gasteiger partial charge is 0.111 e. The lowest BCUT2D eigenvalue weighted by atomic mass is 10.0. The summed E-state index contributed by atoms with van der Waals surface area (Å²) >= 11 is 4.15. The number of nitrogens with one attached hydrogen (secondary N) is 1. The Kier molecular flexibility index (Phi) is 6.53. The second kappa shape index (κ2) is 7.67. The van der Waals surface area contributed by atoms with Crippen LogP contribution in [0.5, 0.6) is 0 Å². The molecule has 4 atom stereocenters. The van der Waals surface area contributed by atoms with Crippen molar-refractivity contribution in [3.8, 4) is 0 Å². The highest BCUT2D eigenvalue weighted by Gasteiger charge is 2.29. The van der Waals surface area contributed by atoms with Gasteiger partial charge in [0.1, 0.15) is 18.3 Å². The highest BCUT2D eigenvalue weighted by atomic mass is 32.1. The Morgan fingerprint density at radius 1 is 1.10 bits per heavy atom. The monoisotopic (exact) mass is 304 g/mol. The van der Waals surface area contributed by atoms with Crippen LogP contribution in [-0.2, 0) is 0 Å². The van der Waals surface area contributed by atoms with E-state index in [1.807, 2.05) is 0 Å². The molecule has 7 nitrogen and oxygen atoms in total. The van der Waals surface area contributed by atoms with Crippen molar-refractivity contribution in [1.29, 1.82) is 0 Å². The van der Waals surface area contributed by atoms with Gasteiger partial charge in [0.15, 0.2) is 0 Å². The van der Waals surface area contributed by atoms with Crippen LogP contribution in [0.3, 0.4) is 0 Å². The molecule has 0 aliphatic heterocycles. The molecular weight excluding hydrogens is 284 g/mol. The van der Waals surface area contributed by atoms with Crippen LogP contribution in [0.2, 0.25) is 0 Å². The standard InChI is InChI=1S/C12H20N2O5S/c13-7-2-1-6(3-10(7)20)14-4-8(16)11(18)12(19)9(17)5-15/h1-3,8-9,11-12,14-20H,4-5,13H2. The van der Waals surface area contributed by atoms with Gasteiger partial charge < -0.3 is 36.6 Å². The Morgan fingerprint density at radius 3 is 2.25 bits per heavy atom. The van der Waals surface area contributed by atoms with E-state index in [2.05, 4.69) is 17.9 Å². The van der Waals surface area contributed by atoms with Crippen molar-refractivity contribution >= 4 is 24.0 Å². The average molecular weight is 304 g/mol. The van der Waals surface area contributed by atoms with Gasteiger partial charge in [0.2, 0.25) is 0 Å². The molecule has 114 valence electrons. The number of anilines is 2. The molecule has 0 radical (unpaired) electrons. The molecule has 4 unspecified atom stereocenters. The molecule has 1 aromatic carbocycles. The lowest BCUT2D eigenvalue weighted by molar-refractivity contribution is -0.111. The minimum absolute atomic E-state index is 0.0620. The van der Waals surface area contributed by atoms with E-state index in [0.717, 1.165) is 0 Å². The van der Waals surface area contributed by atoms with E-state index < -0.39 is 31.0 Å². The lowest BCUT2D eigenvalue weighted by Crippen LogP contribution is -2.48. The fourth-order valence-corrected chi connectivity index (χ4v) is 1.77. The zero-order valence-electron chi connectivity index (χ0n) is 10.7. The molecule has 1 rings (SSSR count). The van der Waals surface area contributed by atoms with E-state index in [9.17, 15) is 20.4 Å². The van der Waals surface area contributed by atoms with Crippen LogP contribution in [0, 0.1) is 0 Å². The second-order valence-electron chi connectivity index (χ2n) is 4.45. The van der Waals surface area contributed by atoms with Crippen molar-refractivity contribution in [1.82, 2.24) is 0 Å². The van der Waals surface area contributed by atoms with Crippen LogP contribution >= 0.6 is 12.6 Å². The van der Waals surface area contributed by atoms with Gasteiger partial charge in [-0.2, -0.15) is 0 Å². The third-order valence-corrected chi connectivity index (χ3v) is 3.26. The summed E-state index contributed by atoms with van der Waals surface area (Å²) in [6.07, 6.45) is -6.06. The van der Waals surface area contributed by atoms with Gasteiger partial charge in [-0.05, 0) is 18.2 Å². The Balaban J connectivity index is 2.53. The van der Waals surface area contributed by atoms with Gasteiger partial charge in [-0.25, -0.2) is 0 Å². The summed E-state index contributed by atoms with van der Waals surface area (Å²) < 4.78 is 0. The Labute approximate surface area is 122 Å². The third kappa shape index (κ3) is 4.51. The summed E-state index contributed by atoms with van der Waals surface area (Å²) in [6.45, 7) is -0.771. The number of nitrogen functional groups attached to an aromatic ring is 1. The van der Waals surface area contributed by atoms with Gasteiger partial charge in [0, 0.05) is 22.8 Å². The number of hydrogen-bond acceptors (Lipinski definition) is 8. The van der Waals surface area contributed by atoms with Gasteiger partial charge in [-0.1, -0.05) is 0 Å². The summed E-state index contributed by atoms with van der Waals surface area (Å²) in [6, 6.07) is 4.96. The molecule has 0 heterocycles. The minimum atomic E-state index is -1.64. The molecule has 8 heteroatoms. The van der Waals surface area contributed by atoms with Gasteiger partial charge in [-0.3, -0.25) is 0 Å². The van der Waals surface area contributed by atoms with Crippen LogP contribution in [0.4, 0.5) is 11.4 Å². The number of aliphatic hydroxyl groups is 5. The van der Waals surface area contributed by atoms with Crippen LogP contribution < -0.4 is 11.1 Å². The third-order valence-electron chi connectivity index (χ3n) is 2.87. The topological polar surface area (TPSA) is 139 Å². The summed E-state index contributed by atoms with van der Waals surface area (Å²) in [7, 11) is 0. The van der Waals surface area contributed by atoms with E-state index in [1.165, 1.54) is 0 Å². The summed E-state index contributed by atoms with van der Waals surface area (Å²) in [5, 5.41) is 49.5. The van der Waals surface area contributed by atoms with Gasteiger partial charge in [0.25, 0.3) is 0 Å². The van der Waals surface area contributed by atoms with Crippen molar-refractivity contribution in [3.05, 3.63) is 18.2 Å². The number of thiol groups is 1. The molecule has 0 saturated carbocycles. The summed E-state index contributed by atoms with van der Waals surface area (Å²) in [5.41, 5.74) is 6.75. The molecule has 20 heavy (non-hydrogen) atoms.